The molecule has 1 aliphatic heterocycles. The Hall–Kier alpha value is -2.07. The zero-order valence-corrected chi connectivity index (χ0v) is 15.8. The monoisotopic (exact) mass is 374 g/mol. The van der Waals surface area contributed by atoms with Crippen LogP contribution in [0.25, 0.3) is 17.2 Å². The second-order valence-corrected chi connectivity index (χ2v) is 7.09. The first-order chi connectivity index (χ1) is 13.0. The van der Waals surface area contributed by atoms with Crippen molar-refractivity contribution in [3.8, 4) is 11.1 Å². The van der Waals surface area contributed by atoms with E-state index in [1.807, 2.05) is 6.92 Å². The molecule has 1 aliphatic rings. The minimum absolute atomic E-state index is 0.0543. The van der Waals surface area contributed by atoms with Gasteiger partial charge in [-0.15, -0.1) is 0 Å². The third kappa shape index (κ3) is 4.27. The number of rotatable bonds is 5. The largest absolute Gasteiger partial charge is 0.378 e. The van der Waals surface area contributed by atoms with Crippen LogP contribution in [-0.2, 0) is 4.74 Å². The summed E-state index contributed by atoms with van der Waals surface area (Å²) in [6.07, 6.45) is 7.41. The van der Waals surface area contributed by atoms with Gasteiger partial charge < -0.3 is 4.74 Å². The predicted molar refractivity (Wildman–Crippen MR) is 103 cm³/mol. The van der Waals surface area contributed by atoms with Crippen LogP contribution in [0.5, 0.6) is 0 Å². The van der Waals surface area contributed by atoms with Crippen LogP contribution in [0.1, 0.15) is 56.6 Å². The van der Waals surface area contributed by atoms with Crippen molar-refractivity contribution >= 4 is 6.08 Å². The summed E-state index contributed by atoms with van der Waals surface area (Å²) in [5.74, 6) is -2.63. The van der Waals surface area contributed by atoms with Crippen LogP contribution < -0.4 is 0 Å². The molecule has 0 saturated carbocycles. The molecule has 1 nitrogen and oxygen atoms in total. The van der Waals surface area contributed by atoms with Gasteiger partial charge in [-0.2, -0.15) is 0 Å². The Morgan fingerprint density at radius 3 is 2.44 bits per heavy atom. The van der Waals surface area contributed by atoms with E-state index in [0.717, 1.165) is 25.7 Å². The van der Waals surface area contributed by atoms with Gasteiger partial charge in [0.1, 0.15) is 5.82 Å². The molecule has 0 spiro atoms. The lowest BCUT2D eigenvalue weighted by Crippen LogP contribution is -2.25. The Balaban J connectivity index is 1.86. The highest BCUT2D eigenvalue weighted by atomic mass is 19.2. The number of ether oxygens (including phenoxy) is 1. The standard InChI is InChI=1S/C23H25F3O/c1-3-5-15-7-10-19(21(24)13-15)20-12-11-18(22(25)23(20)26)16-8-9-17(6-4-2)27-14-16/h3,5,7,10-13,16-17H,4,6,8-9,14H2,1-2H3/b5-3+. The highest BCUT2D eigenvalue weighted by molar-refractivity contribution is 5.67. The summed E-state index contributed by atoms with van der Waals surface area (Å²) in [7, 11) is 0. The molecular formula is C23H25F3O. The molecule has 0 aliphatic carbocycles. The van der Waals surface area contributed by atoms with Crippen LogP contribution in [-0.4, -0.2) is 12.7 Å². The fraction of sp³-hybridized carbons (Fsp3) is 0.391. The highest BCUT2D eigenvalue weighted by Gasteiger charge is 2.27. The number of halogens is 3. The van der Waals surface area contributed by atoms with Crippen LogP contribution in [0.2, 0.25) is 0 Å². The van der Waals surface area contributed by atoms with Crippen LogP contribution in [0.15, 0.2) is 36.4 Å². The van der Waals surface area contributed by atoms with Gasteiger partial charge in [0.05, 0.1) is 12.7 Å². The number of hydrogen-bond donors (Lipinski definition) is 0. The molecule has 27 heavy (non-hydrogen) atoms. The number of benzene rings is 2. The lowest BCUT2D eigenvalue weighted by Gasteiger charge is -2.29. The van der Waals surface area contributed by atoms with E-state index in [4.69, 9.17) is 4.74 Å². The van der Waals surface area contributed by atoms with E-state index in [-0.39, 0.29) is 23.1 Å². The van der Waals surface area contributed by atoms with Crippen molar-refractivity contribution in [1.82, 2.24) is 0 Å². The van der Waals surface area contributed by atoms with Crippen LogP contribution in [0.4, 0.5) is 13.2 Å². The van der Waals surface area contributed by atoms with Crippen molar-refractivity contribution in [1.29, 1.82) is 0 Å². The van der Waals surface area contributed by atoms with Gasteiger partial charge in [-0.3, -0.25) is 0 Å². The quantitative estimate of drug-likeness (QED) is 0.555. The fourth-order valence-electron chi connectivity index (χ4n) is 3.73. The summed E-state index contributed by atoms with van der Waals surface area (Å²) >= 11 is 0. The number of allylic oxidation sites excluding steroid dienone is 1. The van der Waals surface area contributed by atoms with E-state index in [2.05, 4.69) is 6.92 Å². The Morgan fingerprint density at radius 2 is 1.81 bits per heavy atom. The van der Waals surface area contributed by atoms with Crippen molar-refractivity contribution in [2.45, 2.75) is 51.6 Å². The lowest BCUT2D eigenvalue weighted by atomic mass is 9.88. The van der Waals surface area contributed by atoms with Gasteiger partial charge in [-0.25, -0.2) is 13.2 Å². The third-order valence-corrected chi connectivity index (χ3v) is 5.18. The molecule has 1 heterocycles. The molecule has 4 heteroatoms. The molecule has 144 valence electrons. The first-order valence-electron chi connectivity index (χ1n) is 9.57. The van der Waals surface area contributed by atoms with Crippen molar-refractivity contribution in [3.63, 3.8) is 0 Å². The molecule has 2 atom stereocenters. The number of hydrogen-bond acceptors (Lipinski definition) is 1. The van der Waals surface area contributed by atoms with Gasteiger partial charge in [0, 0.05) is 17.0 Å². The molecule has 0 bridgehead atoms. The fourth-order valence-corrected chi connectivity index (χ4v) is 3.73. The summed E-state index contributed by atoms with van der Waals surface area (Å²) < 4.78 is 49.7. The summed E-state index contributed by atoms with van der Waals surface area (Å²) in [6.45, 7) is 4.33. The molecule has 0 N–H and O–H groups in total. The molecule has 1 saturated heterocycles. The van der Waals surface area contributed by atoms with E-state index in [0.29, 0.717) is 17.7 Å². The molecule has 2 unspecified atom stereocenters. The SMILES string of the molecule is C/C=C/c1ccc(-c2ccc(C3CCC(CCC)OC3)c(F)c2F)c(F)c1. The van der Waals surface area contributed by atoms with E-state index in [9.17, 15) is 13.2 Å². The van der Waals surface area contributed by atoms with E-state index in [1.54, 1.807) is 24.3 Å². The summed E-state index contributed by atoms with van der Waals surface area (Å²) in [5.41, 5.74) is 1.00. The summed E-state index contributed by atoms with van der Waals surface area (Å²) in [6, 6.07) is 7.54. The zero-order chi connectivity index (χ0) is 19.4. The average molecular weight is 374 g/mol. The second-order valence-electron chi connectivity index (χ2n) is 7.09. The van der Waals surface area contributed by atoms with Crippen molar-refractivity contribution < 1.29 is 17.9 Å². The first kappa shape index (κ1) is 19.7. The van der Waals surface area contributed by atoms with E-state index in [1.165, 1.54) is 18.2 Å². The van der Waals surface area contributed by atoms with Gasteiger partial charge in [0.2, 0.25) is 0 Å². The Kier molecular flexibility index (Phi) is 6.38. The van der Waals surface area contributed by atoms with Crippen molar-refractivity contribution in [3.05, 3.63) is 65.0 Å². The third-order valence-electron chi connectivity index (χ3n) is 5.18. The highest BCUT2D eigenvalue weighted by Crippen LogP contribution is 2.35. The van der Waals surface area contributed by atoms with Gasteiger partial charge in [-0.05, 0) is 43.4 Å². The normalized spacial score (nSPS) is 20.3. The molecular weight excluding hydrogens is 349 g/mol. The average Bonchev–Trinajstić information content (AvgIpc) is 2.66. The van der Waals surface area contributed by atoms with Crippen LogP contribution in [0.3, 0.4) is 0 Å². The van der Waals surface area contributed by atoms with Crippen molar-refractivity contribution in [2.75, 3.05) is 6.61 Å². The van der Waals surface area contributed by atoms with E-state index < -0.39 is 17.5 Å². The molecule has 2 aromatic rings. The Labute approximate surface area is 158 Å². The van der Waals surface area contributed by atoms with Crippen LogP contribution >= 0.6 is 0 Å². The predicted octanol–water partition coefficient (Wildman–Crippen LogP) is 6.87. The maximum Gasteiger partial charge on any atom is 0.167 e. The minimum atomic E-state index is -0.999. The van der Waals surface area contributed by atoms with Gasteiger partial charge in [-0.1, -0.05) is 49.8 Å². The maximum absolute atomic E-state index is 14.7. The molecule has 3 rings (SSSR count). The second kappa shape index (κ2) is 8.75. The molecule has 0 amide bonds. The van der Waals surface area contributed by atoms with Crippen molar-refractivity contribution in [2.24, 2.45) is 0 Å². The molecule has 2 aromatic carbocycles. The maximum atomic E-state index is 14.7. The first-order valence-corrected chi connectivity index (χ1v) is 9.57. The van der Waals surface area contributed by atoms with Gasteiger partial charge >= 0.3 is 0 Å². The van der Waals surface area contributed by atoms with Gasteiger partial charge in [0.25, 0.3) is 0 Å². The zero-order valence-electron chi connectivity index (χ0n) is 15.8. The Morgan fingerprint density at radius 1 is 1.04 bits per heavy atom. The topological polar surface area (TPSA) is 9.23 Å². The molecule has 0 aromatic heterocycles. The summed E-state index contributed by atoms with van der Waals surface area (Å²) in [4.78, 5) is 0. The molecule has 0 radical (unpaired) electrons. The van der Waals surface area contributed by atoms with Crippen LogP contribution in [0, 0.1) is 17.5 Å². The Bertz CT molecular complexity index is 821. The molecule has 1 fully saturated rings. The van der Waals surface area contributed by atoms with Gasteiger partial charge in [0.15, 0.2) is 11.6 Å². The summed E-state index contributed by atoms with van der Waals surface area (Å²) in [5, 5.41) is 0. The van der Waals surface area contributed by atoms with E-state index >= 15 is 0 Å². The smallest absolute Gasteiger partial charge is 0.167 e. The minimum Gasteiger partial charge on any atom is -0.378 e. The lowest BCUT2D eigenvalue weighted by molar-refractivity contribution is -0.00181.